The topological polar surface area (TPSA) is 21.3 Å². The first-order valence-electron chi connectivity index (χ1n) is 11.0. The van der Waals surface area contributed by atoms with Gasteiger partial charge in [-0.3, -0.25) is 0 Å². The van der Waals surface area contributed by atoms with Crippen molar-refractivity contribution < 1.29 is 9.13 Å². The molecule has 0 spiro atoms. The van der Waals surface area contributed by atoms with Crippen LogP contribution in [0.25, 0.3) is 10.8 Å². The van der Waals surface area contributed by atoms with Crippen LogP contribution in [0.1, 0.15) is 42.5 Å². The summed E-state index contributed by atoms with van der Waals surface area (Å²) in [5, 5.41) is 6.37. The summed E-state index contributed by atoms with van der Waals surface area (Å²) in [6.45, 7) is 2.91. The number of hydrogen-bond acceptors (Lipinski definition) is 2. The van der Waals surface area contributed by atoms with Crippen molar-refractivity contribution in [2.75, 3.05) is 0 Å². The molecule has 4 rings (SSSR count). The highest BCUT2D eigenvalue weighted by Gasteiger charge is 2.15. The van der Waals surface area contributed by atoms with Crippen LogP contribution >= 0.6 is 11.6 Å². The van der Waals surface area contributed by atoms with Gasteiger partial charge in [0.25, 0.3) is 0 Å². The van der Waals surface area contributed by atoms with Crippen molar-refractivity contribution in [2.24, 2.45) is 0 Å². The van der Waals surface area contributed by atoms with Gasteiger partial charge < -0.3 is 10.1 Å². The summed E-state index contributed by atoms with van der Waals surface area (Å²) in [5.74, 6) is 0.379. The highest BCUT2D eigenvalue weighted by atomic mass is 35.5. The van der Waals surface area contributed by atoms with Crippen LogP contribution < -0.4 is 10.1 Å². The smallest absolute Gasteiger partial charge is 0.131 e. The molecule has 0 aliphatic rings. The van der Waals surface area contributed by atoms with Crippen molar-refractivity contribution in [3.05, 3.63) is 112 Å². The SMILES string of the molecule is CCCC(NCc1c(OCc2c(F)cccc2Cl)ccc2ccccc12)c1ccccc1. The third kappa shape index (κ3) is 5.12. The predicted molar refractivity (Wildman–Crippen MR) is 131 cm³/mol. The first kappa shape index (κ1) is 22.3. The van der Waals surface area contributed by atoms with Gasteiger partial charge in [0.05, 0.1) is 5.02 Å². The van der Waals surface area contributed by atoms with E-state index in [1.54, 1.807) is 12.1 Å². The van der Waals surface area contributed by atoms with Crippen LogP contribution in [0.5, 0.6) is 5.75 Å². The normalized spacial score (nSPS) is 12.1. The fraction of sp³-hybridized carbons (Fsp3) is 0.214. The molecule has 0 saturated carbocycles. The summed E-state index contributed by atoms with van der Waals surface area (Å²) < 4.78 is 20.4. The van der Waals surface area contributed by atoms with Crippen molar-refractivity contribution in [3.8, 4) is 5.75 Å². The third-order valence-corrected chi connectivity index (χ3v) is 6.09. The van der Waals surface area contributed by atoms with Gasteiger partial charge in [-0.05, 0) is 41.0 Å². The average molecular weight is 448 g/mol. The molecule has 1 unspecified atom stereocenters. The van der Waals surface area contributed by atoms with Gasteiger partial charge in [-0.1, -0.05) is 91.7 Å². The molecule has 4 aromatic carbocycles. The zero-order valence-electron chi connectivity index (χ0n) is 18.2. The van der Waals surface area contributed by atoms with Crippen molar-refractivity contribution in [1.82, 2.24) is 5.32 Å². The Morgan fingerprint density at radius 3 is 2.44 bits per heavy atom. The minimum atomic E-state index is -0.356. The molecule has 0 heterocycles. The van der Waals surface area contributed by atoms with Crippen LogP contribution in [-0.4, -0.2) is 0 Å². The summed E-state index contributed by atoms with van der Waals surface area (Å²) in [6, 6.07) is 27.7. The molecule has 0 amide bonds. The molecule has 0 aliphatic carbocycles. The molecule has 4 heteroatoms. The highest BCUT2D eigenvalue weighted by molar-refractivity contribution is 6.31. The number of nitrogens with one attached hydrogen (secondary N) is 1. The van der Waals surface area contributed by atoms with E-state index in [0.717, 1.165) is 34.9 Å². The Hall–Kier alpha value is -2.88. The van der Waals surface area contributed by atoms with Crippen molar-refractivity contribution in [1.29, 1.82) is 0 Å². The van der Waals surface area contributed by atoms with Crippen LogP contribution in [0.4, 0.5) is 4.39 Å². The van der Waals surface area contributed by atoms with Gasteiger partial charge >= 0.3 is 0 Å². The maximum atomic E-state index is 14.3. The maximum absolute atomic E-state index is 14.3. The molecule has 1 atom stereocenters. The van der Waals surface area contributed by atoms with Gasteiger partial charge in [0, 0.05) is 23.7 Å². The zero-order chi connectivity index (χ0) is 22.3. The Balaban J connectivity index is 1.63. The maximum Gasteiger partial charge on any atom is 0.131 e. The molecule has 164 valence electrons. The first-order valence-corrected chi connectivity index (χ1v) is 11.4. The van der Waals surface area contributed by atoms with E-state index in [1.807, 2.05) is 30.3 Å². The number of halogens is 2. The summed E-state index contributed by atoms with van der Waals surface area (Å²) in [7, 11) is 0. The van der Waals surface area contributed by atoms with E-state index < -0.39 is 0 Å². The molecule has 0 fully saturated rings. The molecule has 0 aliphatic heterocycles. The lowest BCUT2D eigenvalue weighted by atomic mass is 10.00. The molecular formula is C28H27ClFNO. The quantitative estimate of drug-likeness (QED) is 0.282. The Morgan fingerprint density at radius 1 is 0.875 bits per heavy atom. The molecule has 0 saturated heterocycles. The van der Waals surface area contributed by atoms with Crippen molar-refractivity contribution in [3.63, 3.8) is 0 Å². The number of rotatable bonds is 9. The summed E-state index contributed by atoms with van der Waals surface area (Å²) >= 11 is 6.20. The van der Waals surface area contributed by atoms with Gasteiger partial charge in [0.1, 0.15) is 18.2 Å². The fourth-order valence-electron chi connectivity index (χ4n) is 4.04. The van der Waals surface area contributed by atoms with Crippen molar-refractivity contribution >= 4 is 22.4 Å². The summed E-state index contributed by atoms with van der Waals surface area (Å²) in [4.78, 5) is 0. The van der Waals surface area contributed by atoms with Crippen LogP contribution in [0, 0.1) is 5.82 Å². The molecule has 2 nitrogen and oxygen atoms in total. The average Bonchev–Trinajstić information content (AvgIpc) is 2.82. The standard InChI is InChI=1S/C28H27ClFNO/c1-2-9-27(21-11-4-3-5-12-21)31-18-23-22-13-7-6-10-20(22)16-17-28(23)32-19-24-25(29)14-8-15-26(24)30/h3-8,10-17,27,31H,2,9,18-19H2,1H3. The Bertz CT molecular complexity index is 1160. The molecule has 32 heavy (non-hydrogen) atoms. The Kier molecular flexibility index (Phi) is 7.41. The van der Waals surface area contributed by atoms with Gasteiger partial charge in [-0.15, -0.1) is 0 Å². The van der Waals surface area contributed by atoms with Crippen molar-refractivity contribution in [2.45, 2.75) is 39.0 Å². The van der Waals surface area contributed by atoms with E-state index in [-0.39, 0.29) is 18.5 Å². The lowest BCUT2D eigenvalue weighted by Gasteiger charge is -2.21. The lowest BCUT2D eigenvalue weighted by Crippen LogP contribution is -2.21. The van der Waals surface area contributed by atoms with Gasteiger partial charge in [-0.2, -0.15) is 0 Å². The monoisotopic (exact) mass is 447 g/mol. The summed E-state index contributed by atoms with van der Waals surface area (Å²) in [6.07, 6.45) is 2.12. The van der Waals surface area contributed by atoms with Gasteiger partial charge in [0.15, 0.2) is 0 Å². The fourth-order valence-corrected chi connectivity index (χ4v) is 4.26. The molecule has 0 bridgehead atoms. The van der Waals surface area contributed by atoms with E-state index in [0.29, 0.717) is 17.1 Å². The molecule has 0 aromatic heterocycles. The van der Waals surface area contributed by atoms with Gasteiger partial charge in [-0.25, -0.2) is 4.39 Å². The van der Waals surface area contributed by atoms with E-state index in [9.17, 15) is 4.39 Å². The molecule has 0 radical (unpaired) electrons. The minimum Gasteiger partial charge on any atom is -0.488 e. The number of hydrogen-bond donors (Lipinski definition) is 1. The van der Waals surface area contributed by atoms with E-state index in [1.165, 1.54) is 11.6 Å². The minimum absolute atomic E-state index is 0.0773. The first-order chi connectivity index (χ1) is 15.7. The zero-order valence-corrected chi connectivity index (χ0v) is 18.9. The second-order valence-electron chi connectivity index (χ2n) is 7.89. The molecule has 1 N–H and O–H groups in total. The van der Waals surface area contributed by atoms with Crippen LogP contribution in [0.2, 0.25) is 5.02 Å². The number of fused-ring (bicyclic) bond motifs is 1. The van der Waals surface area contributed by atoms with Crippen LogP contribution in [0.15, 0.2) is 84.9 Å². The van der Waals surface area contributed by atoms with Crippen LogP contribution in [0.3, 0.4) is 0 Å². The second kappa shape index (κ2) is 10.6. The molecule has 4 aromatic rings. The van der Waals surface area contributed by atoms with Gasteiger partial charge in [0.2, 0.25) is 0 Å². The second-order valence-corrected chi connectivity index (χ2v) is 8.29. The summed E-state index contributed by atoms with van der Waals surface area (Å²) in [5.41, 5.74) is 2.71. The third-order valence-electron chi connectivity index (χ3n) is 5.74. The highest BCUT2D eigenvalue weighted by Crippen LogP contribution is 2.31. The lowest BCUT2D eigenvalue weighted by molar-refractivity contribution is 0.296. The largest absolute Gasteiger partial charge is 0.488 e. The Morgan fingerprint density at radius 2 is 1.66 bits per heavy atom. The number of ether oxygens (including phenoxy) is 1. The van der Waals surface area contributed by atoms with E-state index >= 15 is 0 Å². The van der Waals surface area contributed by atoms with E-state index in [4.69, 9.17) is 16.3 Å². The molecular weight excluding hydrogens is 421 g/mol. The Labute approximate surface area is 194 Å². The van der Waals surface area contributed by atoms with E-state index in [2.05, 4.69) is 48.6 Å². The van der Waals surface area contributed by atoms with Crippen LogP contribution in [-0.2, 0) is 13.2 Å². The predicted octanol–water partition coefficient (Wildman–Crippen LogP) is 7.84. The number of benzene rings is 4.